The Hall–Kier alpha value is -2.08. The molecule has 0 bridgehead atoms. The molecule has 0 aromatic carbocycles. The van der Waals surface area contributed by atoms with Crippen LogP contribution < -0.4 is 5.32 Å². The summed E-state index contributed by atoms with van der Waals surface area (Å²) in [6.45, 7) is 7.02. The fraction of sp³-hybridized carbons (Fsp3) is 0.842. The molecule has 0 saturated carbocycles. The number of hydrogen-bond donors (Lipinski definition) is 1. The van der Waals surface area contributed by atoms with Crippen molar-refractivity contribution in [3.05, 3.63) is 0 Å². The number of carbonyl (C=O) groups excluding carboxylic acids is 3. The number of ether oxygens (including phenoxy) is 2. The molecule has 1 atom stereocenters. The fourth-order valence-electron chi connectivity index (χ4n) is 2.06. The first-order valence-corrected chi connectivity index (χ1v) is 9.89. The second-order valence-corrected chi connectivity index (χ2v) is 7.96. The number of esters is 2. The van der Waals surface area contributed by atoms with Gasteiger partial charge in [0.15, 0.2) is 0 Å². The topological polar surface area (TPSA) is 81.7 Å². The van der Waals surface area contributed by atoms with Crippen LogP contribution in [0, 0.1) is 11.8 Å². The second kappa shape index (κ2) is 12.2. The van der Waals surface area contributed by atoms with Crippen molar-refractivity contribution in [1.29, 1.82) is 0 Å². The van der Waals surface area contributed by atoms with Crippen LogP contribution in [0.3, 0.4) is 0 Å². The first kappa shape index (κ1) is 29.9. The molecule has 1 amide bonds. The van der Waals surface area contributed by atoms with Crippen molar-refractivity contribution in [2.45, 2.75) is 77.4 Å². The number of amides is 1. The molecule has 0 aliphatic rings. The van der Waals surface area contributed by atoms with E-state index in [9.17, 15) is 45.1 Å². The molecule has 0 aromatic heterocycles. The maximum Gasteiger partial charge on any atom is 0.460 e. The fourth-order valence-corrected chi connectivity index (χ4v) is 2.06. The third-order valence-electron chi connectivity index (χ3n) is 4.16. The number of carbonyl (C=O) groups is 3. The van der Waals surface area contributed by atoms with Crippen LogP contribution in [0.2, 0.25) is 0 Å². The van der Waals surface area contributed by atoms with Gasteiger partial charge in [0.25, 0.3) is 5.91 Å². The van der Waals surface area contributed by atoms with E-state index in [1.54, 1.807) is 13.8 Å². The van der Waals surface area contributed by atoms with Gasteiger partial charge in [-0.3, -0.25) is 9.59 Å². The molecule has 0 fully saturated rings. The molecule has 6 nitrogen and oxygen atoms in total. The van der Waals surface area contributed by atoms with Gasteiger partial charge in [-0.15, -0.1) is 0 Å². The minimum absolute atomic E-state index is 0.0161. The van der Waals surface area contributed by atoms with Gasteiger partial charge in [0.05, 0.1) is 13.2 Å². The van der Waals surface area contributed by atoms with Crippen molar-refractivity contribution in [3.8, 4) is 0 Å². The molecular formula is C19H28F7NO5. The summed E-state index contributed by atoms with van der Waals surface area (Å²) < 4.78 is 99.9. The van der Waals surface area contributed by atoms with E-state index in [4.69, 9.17) is 9.47 Å². The van der Waals surface area contributed by atoms with Crippen LogP contribution in [0.1, 0.15) is 53.4 Å². The van der Waals surface area contributed by atoms with E-state index in [1.807, 2.05) is 13.8 Å². The van der Waals surface area contributed by atoms with Gasteiger partial charge >= 0.3 is 30.0 Å². The summed E-state index contributed by atoms with van der Waals surface area (Å²) in [4.78, 5) is 35.4. The molecule has 0 aromatic rings. The molecular weight excluding hydrogens is 455 g/mol. The smallest absolute Gasteiger partial charge is 0.460 e. The Bertz CT molecular complexity index is 636. The molecule has 0 aliphatic heterocycles. The molecule has 0 spiro atoms. The number of halogens is 7. The van der Waals surface area contributed by atoms with Crippen LogP contribution >= 0.6 is 0 Å². The van der Waals surface area contributed by atoms with E-state index in [1.165, 1.54) is 0 Å². The lowest BCUT2D eigenvalue weighted by Gasteiger charge is -2.28. The van der Waals surface area contributed by atoms with Crippen LogP contribution in [-0.4, -0.2) is 55.1 Å². The molecule has 188 valence electrons. The number of nitrogens with one attached hydrogen (secondary N) is 1. The van der Waals surface area contributed by atoms with Gasteiger partial charge in [-0.2, -0.15) is 30.7 Å². The summed E-state index contributed by atoms with van der Waals surface area (Å²) >= 11 is 0. The van der Waals surface area contributed by atoms with Gasteiger partial charge in [0, 0.05) is 6.42 Å². The summed E-state index contributed by atoms with van der Waals surface area (Å²) in [6.07, 6.45) is -7.21. The Balaban J connectivity index is 5.31. The van der Waals surface area contributed by atoms with Crippen LogP contribution in [-0.2, 0) is 23.9 Å². The molecule has 0 radical (unpaired) electrons. The zero-order chi connectivity index (χ0) is 25.3. The standard InChI is InChI=1S/C19H28F7NO5/c1-11(2)7-9-31-14(28)6-5-13(15(29)32-10-8-12(3)4)27-16(30)17(20,21)18(22,23)19(24,25)26/h11-13H,5-10H2,1-4H3,(H,27,30)/t13-/m0/s1. The number of alkyl halides is 7. The molecule has 0 heterocycles. The molecule has 1 N–H and O–H groups in total. The van der Waals surface area contributed by atoms with Gasteiger partial charge in [-0.1, -0.05) is 27.7 Å². The van der Waals surface area contributed by atoms with Gasteiger partial charge in [-0.05, 0) is 31.1 Å². The van der Waals surface area contributed by atoms with Crippen molar-refractivity contribution < 1.29 is 54.6 Å². The maximum atomic E-state index is 13.6. The third-order valence-corrected chi connectivity index (χ3v) is 4.16. The van der Waals surface area contributed by atoms with Crippen molar-refractivity contribution >= 4 is 17.8 Å². The highest BCUT2D eigenvalue weighted by Gasteiger charge is 2.76. The van der Waals surface area contributed by atoms with Gasteiger partial charge < -0.3 is 14.8 Å². The summed E-state index contributed by atoms with van der Waals surface area (Å²) in [6, 6.07) is -2.07. The predicted octanol–water partition coefficient (Wildman–Crippen LogP) is 4.26. The quantitative estimate of drug-likeness (QED) is 0.313. The first-order valence-electron chi connectivity index (χ1n) is 9.89. The van der Waals surface area contributed by atoms with Crippen molar-refractivity contribution in [2.24, 2.45) is 11.8 Å². The van der Waals surface area contributed by atoms with E-state index < -0.39 is 54.8 Å². The van der Waals surface area contributed by atoms with E-state index in [-0.39, 0.29) is 25.0 Å². The van der Waals surface area contributed by atoms with Crippen molar-refractivity contribution in [3.63, 3.8) is 0 Å². The van der Waals surface area contributed by atoms with Gasteiger partial charge in [-0.25, -0.2) is 4.79 Å². The highest BCUT2D eigenvalue weighted by molar-refractivity contribution is 5.89. The second-order valence-electron chi connectivity index (χ2n) is 7.96. The van der Waals surface area contributed by atoms with Gasteiger partial charge in [0.2, 0.25) is 0 Å². The van der Waals surface area contributed by atoms with E-state index in [0.717, 1.165) is 5.32 Å². The van der Waals surface area contributed by atoms with Crippen LogP contribution in [0.4, 0.5) is 30.7 Å². The SMILES string of the molecule is CC(C)CCOC(=O)CC[C@H](NC(=O)C(F)(F)C(F)(F)C(F)(F)F)C(=O)OCCC(C)C. The lowest BCUT2D eigenvalue weighted by Crippen LogP contribution is -2.61. The maximum absolute atomic E-state index is 13.6. The minimum Gasteiger partial charge on any atom is -0.466 e. The zero-order valence-electron chi connectivity index (χ0n) is 18.2. The largest absolute Gasteiger partial charge is 0.466 e. The normalized spacial score (nSPS) is 13.8. The van der Waals surface area contributed by atoms with Crippen LogP contribution in [0.5, 0.6) is 0 Å². The lowest BCUT2D eigenvalue weighted by atomic mass is 10.1. The zero-order valence-corrected chi connectivity index (χ0v) is 18.2. The molecule has 32 heavy (non-hydrogen) atoms. The molecule has 0 aliphatic carbocycles. The summed E-state index contributed by atoms with van der Waals surface area (Å²) in [5.74, 6) is -17.9. The number of rotatable bonds is 13. The summed E-state index contributed by atoms with van der Waals surface area (Å²) in [5, 5.41) is 1.15. The molecule has 0 rings (SSSR count). The predicted molar refractivity (Wildman–Crippen MR) is 97.9 cm³/mol. The average Bonchev–Trinajstić information content (AvgIpc) is 2.62. The first-order chi connectivity index (χ1) is 14.4. The summed E-state index contributed by atoms with van der Waals surface area (Å²) in [7, 11) is 0. The molecule has 0 saturated heterocycles. The molecule has 0 unspecified atom stereocenters. The Kier molecular flexibility index (Phi) is 11.4. The van der Waals surface area contributed by atoms with Crippen LogP contribution in [0.25, 0.3) is 0 Å². The van der Waals surface area contributed by atoms with E-state index in [0.29, 0.717) is 12.8 Å². The summed E-state index contributed by atoms with van der Waals surface area (Å²) in [5.41, 5.74) is 0. The monoisotopic (exact) mass is 483 g/mol. The van der Waals surface area contributed by atoms with Crippen LogP contribution in [0.15, 0.2) is 0 Å². The highest BCUT2D eigenvalue weighted by atomic mass is 19.4. The Labute approximate surface area is 181 Å². The Morgan fingerprint density at radius 2 is 1.25 bits per heavy atom. The van der Waals surface area contributed by atoms with Crippen molar-refractivity contribution in [2.75, 3.05) is 13.2 Å². The Morgan fingerprint density at radius 3 is 1.69 bits per heavy atom. The van der Waals surface area contributed by atoms with Gasteiger partial charge in [0.1, 0.15) is 6.04 Å². The third kappa shape index (κ3) is 9.19. The molecule has 13 heteroatoms. The minimum atomic E-state index is -6.72. The highest BCUT2D eigenvalue weighted by Crippen LogP contribution is 2.46. The Morgan fingerprint density at radius 1 is 0.781 bits per heavy atom. The number of hydrogen-bond acceptors (Lipinski definition) is 5. The van der Waals surface area contributed by atoms with Crippen molar-refractivity contribution in [1.82, 2.24) is 5.32 Å². The van der Waals surface area contributed by atoms with E-state index in [2.05, 4.69) is 0 Å². The van der Waals surface area contributed by atoms with E-state index >= 15 is 0 Å². The average molecular weight is 483 g/mol. The lowest BCUT2D eigenvalue weighted by molar-refractivity contribution is -0.344.